The number of nitrogens with two attached hydrogens (primary N) is 1. The standard InChI is InChI=1S/C17H27NO2/c1-6-8-9-16(17(18)19)15(12-13(3)7-2)11-10-14(4)20-5/h9-13H,4,6-8H2,1-3,5H3,(H2,18,19)/b11-10-,15-12+,16-9+. The number of unbranched alkanes of at least 4 members (excludes halogenated alkanes) is 1. The molecule has 0 aliphatic heterocycles. The smallest absolute Gasteiger partial charge is 0.248 e. The number of ether oxygens (including phenoxy) is 1. The molecule has 0 aromatic carbocycles. The molecule has 1 amide bonds. The molecule has 0 rings (SSSR count). The summed E-state index contributed by atoms with van der Waals surface area (Å²) in [5, 5.41) is 0. The van der Waals surface area contributed by atoms with Crippen LogP contribution in [-0.4, -0.2) is 13.0 Å². The summed E-state index contributed by atoms with van der Waals surface area (Å²) >= 11 is 0. The zero-order valence-corrected chi connectivity index (χ0v) is 13.1. The molecular weight excluding hydrogens is 250 g/mol. The minimum absolute atomic E-state index is 0.370. The Labute approximate surface area is 122 Å². The molecule has 1 unspecified atom stereocenters. The summed E-state index contributed by atoms with van der Waals surface area (Å²) in [6.45, 7) is 10.0. The molecule has 0 spiro atoms. The molecule has 112 valence electrons. The molecule has 0 aromatic rings. The Morgan fingerprint density at radius 3 is 2.45 bits per heavy atom. The maximum atomic E-state index is 11.7. The first-order valence-corrected chi connectivity index (χ1v) is 7.09. The molecule has 0 fully saturated rings. The molecular formula is C17H27NO2. The van der Waals surface area contributed by atoms with E-state index in [2.05, 4.69) is 33.4 Å². The van der Waals surface area contributed by atoms with Crippen LogP contribution in [0.5, 0.6) is 0 Å². The summed E-state index contributed by atoms with van der Waals surface area (Å²) in [6.07, 6.45) is 10.3. The largest absolute Gasteiger partial charge is 0.497 e. The Kier molecular flexibility index (Phi) is 9.18. The molecule has 0 aliphatic carbocycles. The van der Waals surface area contributed by atoms with E-state index in [1.807, 2.05) is 12.2 Å². The van der Waals surface area contributed by atoms with E-state index in [-0.39, 0.29) is 0 Å². The Morgan fingerprint density at radius 1 is 1.35 bits per heavy atom. The fraction of sp³-hybridized carbons (Fsp3) is 0.471. The van der Waals surface area contributed by atoms with Crippen LogP contribution in [0.4, 0.5) is 0 Å². The summed E-state index contributed by atoms with van der Waals surface area (Å²) in [4.78, 5) is 11.7. The first-order chi connectivity index (χ1) is 9.46. The predicted molar refractivity (Wildman–Crippen MR) is 85.0 cm³/mol. The molecule has 0 bridgehead atoms. The van der Waals surface area contributed by atoms with Crippen molar-refractivity contribution in [1.29, 1.82) is 0 Å². The fourth-order valence-corrected chi connectivity index (χ4v) is 1.56. The van der Waals surface area contributed by atoms with Crippen LogP contribution >= 0.6 is 0 Å². The van der Waals surface area contributed by atoms with Gasteiger partial charge in [0.05, 0.1) is 7.11 Å². The van der Waals surface area contributed by atoms with Gasteiger partial charge in [0.25, 0.3) is 0 Å². The van der Waals surface area contributed by atoms with Gasteiger partial charge in [-0.25, -0.2) is 0 Å². The first kappa shape index (κ1) is 18.2. The van der Waals surface area contributed by atoms with E-state index in [0.29, 0.717) is 17.3 Å². The Bertz CT molecular complexity index is 417. The van der Waals surface area contributed by atoms with Gasteiger partial charge in [0.15, 0.2) is 0 Å². The number of primary amides is 1. The van der Waals surface area contributed by atoms with Crippen molar-refractivity contribution in [1.82, 2.24) is 0 Å². The number of methoxy groups -OCH3 is 1. The lowest BCUT2D eigenvalue weighted by molar-refractivity contribution is -0.114. The number of hydrogen-bond donors (Lipinski definition) is 1. The predicted octanol–water partition coefficient (Wildman–Crippen LogP) is 3.89. The van der Waals surface area contributed by atoms with E-state index < -0.39 is 5.91 Å². The van der Waals surface area contributed by atoms with Gasteiger partial charge in [-0.05, 0) is 24.0 Å². The zero-order chi connectivity index (χ0) is 15.5. The van der Waals surface area contributed by atoms with Gasteiger partial charge in [0.2, 0.25) is 5.91 Å². The van der Waals surface area contributed by atoms with Crippen LogP contribution in [-0.2, 0) is 9.53 Å². The quantitative estimate of drug-likeness (QED) is 0.395. The van der Waals surface area contributed by atoms with Crippen LogP contribution in [0.15, 0.2) is 47.8 Å². The fourth-order valence-electron chi connectivity index (χ4n) is 1.56. The van der Waals surface area contributed by atoms with Crippen LogP contribution in [0.2, 0.25) is 0 Å². The summed E-state index contributed by atoms with van der Waals surface area (Å²) in [6, 6.07) is 0. The third-order valence-corrected chi connectivity index (χ3v) is 3.03. The molecule has 0 radical (unpaired) electrons. The highest BCUT2D eigenvalue weighted by Crippen LogP contribution is 2.18. The molecule has 3 nitrogen and oxygen atoms in total. The van der Waals surface area contributed by atoms with Crippen LogP contribution in [0.3, 0.4) is 0 Å². The summed E-state index contributed by atoms with van der Waals surface area (Å²) in [5.74, 6) is 0.509. The highest BCUT2D eigenvalue weighted by molar-refractivity contribution is 5.97. The van der Waals surface area contributed by atoms with Crippen molar-refractivity contribution in [2.45, 2.75) is 40.0 Å². The molecule has 0 aliphatic rings. The van der Waals surface area contributed by atoms with Crippen LogP contribution in [0.1, 0.15) is 40.0 Å². The maximum Gasteiger partial charge on any atom is 0.248 e. The Morgan fingerprint density at radius 2 is 2.00 bits per heavy atom. The number of carbonyl (C=O) groups excluding carboxylic acids is 1. The van der Waals surface area contributed by atoms with Crippen molar-refractivity contribution in [3.63, 3.8) is 0 Å². The second kappa shape index (κ2) is 10.1. The maximum absolute atomic E-state index is 11.7. The van der Waals surface area contributed by atoms with Crippen molar-refractivity contribution >= 4 is 5.91 Å². The van der Waals surface area contributed by atoms with Gasteiger partial charge >= 0.3 is 0 Å². The summed E-state index contributed by atoms with van der Waals surface area (Å²) in [7, 11) is 1.56. The van der Waals surface area contributed by atoms with E-state index in [4.69, 9.17) is 10.5 Å². The summed E-state index contributed by atoms with van der Waals surface area (Å²) in [5.41, 5.74) is 6.89. The molecule has 0 saturated carbocycles. The highest BCUT2D eigenvalue weighted by Gasteiger charge is 2.10. The van der Waals surface area contributed by atoms with Gasteiger partial charge in [-0.2, -0.15) is 0 Å². The highest BCUT2D eigenvalue weighted by atomic mass is 16.5. The molecule has 0 saturated heterocycles. The van der Waals surface area contributed by atoms with E-state index in [1.165, 1.54) is 0 Å². The van der Waals surface area contributed by atoms with Crippen molar-refractivity contribution in [2.24, 2.45) is 11.7 Å². The normalized spacial score (nSPS) is 14.4. The molecule has 0 heterocycles. The lowest BCUT2D eigenvalue weighted by Crippen LogP contribution is -2.15. The van der Waals surface area contributed by atoms with E-state index >= 15 is 0 Å². The Hall–Kier alpha value is -1.77. The second-order valence-corrected chi connectivity index (χ2v) is 4.78. The minimum atomic E-state index is -0.402. The lowest BCUT2D eigenvalue weighted by Gasteiger charge is -2.09. The van der Waals surface area contributed by atoms with Crippen molar-refractivity contribution in [2.75, 3.05) is 7.11 Å². The zero-order valence-electron chi connectivity index (χ0n) is 13.1. The van der Waals surface area contributed by atoms with Crippen molar-refractivity contribution in [3.8, 4) is 0 Å². The first-order valence-electron chi connectivity index (χ1n) is 7.09. The second-order valence-electron chi connectivity index (χ2n) is 4.78. The van der Waals surface area contributed by atoms with Crippen LogP contribution in [0.25, 0.3) is 0 Å². The lowest BCUT2D eigenvalue weighted by atomic mass is 9.97. The van der Waals surface area contributed by atoms with E-state index in [0.717, 1.165) is 24.8 Å². The third kappa shape index (κ3) is 6.98. The van der Waals surface area contributed by atoms with Crippen molar-refractivity contribution in [3.05, 3.63) is 47.8 Å². The topological polar surface area (TPSA) is 52.3 Å². The SMILES string of the molecule is C=C(\C=C/C(=C\C(C)CC)C(=C\CCC)/C(N)=O)OC. The Balaban J connectivity index is 5.48. The summed E-state index contributed by atoms with van der Waals surface area (Å²) < 4.78 is 5.01. The average Bonchev–Trinajstić information content (AvgIpc) is 2.43. The third-order valence-electron chi connectivity index (χ3n) is 3.03. The van der Waals surface area contributed by atoms with E-state index in [1.54, 1.807) is 13.2 Å². The number of amides is 1. The molecule has 20 heavy (non-hydrogen) atoms. The van der Waals surface area contributed by atoms with Gasteiger partial charge in [-0.1, -0.05) is 58.4 Å². The number of carbonyl (C=O) groups is 1. The van der Waals surface area contributed by atoms with Gasteiger partial charge in [0, 0.05) is 5.57 Å². The minimum Gasteiger partial charge on any atom is -0.497 e. The van der Waals surface area contributed by atoms with Crippen molar-refractivity contribution < 1.29 is 9.53 Å². The number of allylic oxidation sites excluding steroid dienone is 4. The van der Waals surface area contributed by atoms with Gasteiger partial charge in [0.1, 0.15) is 5.76 Å². The molecule has 0 aromatic heterocycles. The molecule has 3 heteroatoms. The van der Waals surface area contributed by atoms with Gasteiger partial charge in [-0.3, -0.25) is 4.79 Å². The number of rotatable bonds is 9. The molecule has 1 atom stereocenters. The van der Waals surface area contributed by atoms with Gasteiger partial charge < -0.3 is 10.5 Å². The van der Waals surface area contributed by atoms with Crippen LogP contribution in [0, 0.1) is 5.92 Å². The monoisotopic (exact) mass is 277 g/mol. The number of hydrogen-bond acceptors (Lipinski definition) is 2. The van der Waals surface area contributed by atoms with Crippen LogP contribution < -0.4 is 5.73 Å². The van der Waals surface area contributed by atoms with E-state index in [9.17, 15) is 4.79 Å². The molecule has 2 N–H and O–H groups in total. The van der Waals surface area contributed by atoms with Gasteiger partial charge in [-0.15, -0.1) is 0 Å². The average molecular weight is 277 g/mol.